The van der Waals surface area contributed by atoms with Crippen LogP contribution in [0.25, 0.3) is 0 Å². The van der Waals surface area contributed by atoms with Crippen molar-refractivity contribution < 1.29 is 9.53 Å². The van der Waals surface area contributed by atoms with Gasteiger partial charge in [-0.3, -0.25) is 15.6 Å². The molecule has 2 heterocycles. The molecule has 3 unspecified atom stereocenters. The molecule has 0 aromatic rings. The van der Waals surface area contributed by atoms with Gasteiger partial charge in [-0.1, -0.05) is 6.92 Å². The van der Waals surface area contributed by atoms with Crippen LogP contribution in [0, 0.1) is 5.92 Å². The van der Waals surface area contributed by atoms with E-state index in [2.05, 4.69) is 29.6 Å². The zero-order valence-corrected chi connectivity index (χ0v) is 15.9. The van der Waals surface area contributed by atoms with Crippen LogP contribution >= 0.6 is 11.8 Å². The maximum Gasteiger partial charge on any atom is 0.248 e. The van der Waals surface area contributed by atoms with Gasteiger partial charge in [-0.05, 0) is 57.1 Å². The predicted octanol–water partition coefficient (Wildman–Crippen LogP) is 2.17. The number of carbonyl (C=O) groups excluding carboxylic acids is 1. The molecule has 3 rings (SSSR count). The largest absolute Gasteiger partial charge is 0.368 e. The first-order valence-electron chi connectivity index (χ1n) is 9.64. The second kappa shape index (κ2) is 8.88. The summed E-state index contributed by atoms with van der Waals surface area (Å²) in [6.07, 6.45) is 7.47. The van der Waals surface area contributed by atoms with Crippen molar-refractivity contribution in [2.24, 2.45) is 5.92 Å². The van der Waals surface area contributed by atoms with Crippen LogP contribution in [-0.4, -0.2) is 59.7 Å². The molecule has 2 N–H and O–H groups in total. The summed E-state index contributed by atoms with van der Waals surface area (Å²) >= 11 is 2.02. The standard InChI is InChI=1S/C18H33N3O2S/c1-13-5-7-15(8-6-13)23-12-18(22)21(11-16-4-3-9-24-16)17-10-19-20-14(17)2/h13-17,19-20H,3-12H2,1-2H3. The fourth-order valence-electron chi connectivity index (χ4n) is 4.08. The van der Waals surface area contributed by atoms with Crippen LogP contribution in [0.2, 0.25) is 0 Å². The van der Waals surface area contributed by atoms with Gasteiger partial charge in [0.05, 0.1) is 12.1 Å². The van der Waals surface area contributed by atoms with E-state index in [1.807, 2.05) is 11.8 Å². The Hall–Kier alpha value is -0.300. The van der Waals surface area contributed by atoms with Gasteiger partial charge in [0.1, 0.15) is 6.61 Å². The van der Waals surface area contributed by atoms with E-state index in [1.165, 1.54) is 31.4 Å². The molecule has 3 aliphatic rings. The molecule has 2 saturated heterocycles. The first-order valence-corrected chi connectivity index (χ1v) is 10.7. The second-order valence-corrected chi connectivity index (χ2v) is 9.16. The number of nitrogens with zero attached hydrogens (tertiary/aromatic N) is 1. The number of rotatable bonds is 6. The molecular weight excluding hydrogens is 322 g/mol. The Kier molecular flexibility index (Phi) is 6.84. The van der Waals surface area contributed by atoms with Gasteiger partial charge in [0.15, 0.2) is 0 Å². The molecular formula is C18H33N3O2S. The highest BCUT2D eigenvalue weighted by Gasteiger charge is 2.34. The molecule has 3 fully saturated rings. The number of hydrazine groups is 1. The SMILES string of the molecule is CC1CCC(OCC(=O)N(CC2CCCS2)C2CNNC2C)CC1. The highest BCUT2D eigenvalue weighted by molar-refractivity contribution is 8.00. The smallest absolute Gasteiger partial charge is 0.248 e. The second-order valence-electron chi connectivity index (χ2n) is 7.76. The quantitative estimate of drug-likeness (QED) is 0.765. The van der Waals surface area contributed by atoms with E-state index >= 15 is 0 Å². The fourth-order valence-corrected chi connectivity index (χ4v) is 5.34. The van der Waals surface area contributed by atoms with Crippen molar-refractivity contribution in [3.63, 3.8) is 0 Å². The van der Waals surface area contributed by atoms with Crippen LogP contribution in [0.4, 0.5) is 0 Å². The molecule has 24 heavy (non-hydrogen) atoms. The number of hydrogen-bond donors (Lipinski definition) is 2. The summed E-state index contributed by atoms with van der Waals surface area (Å²) in [4.78, 5) is 15.0. The highest BCUT2D eigenvalue weighted by Crippen LogP contribution is 2.28. The minimum atomic E-state index is 0.170. The van der Waals surface area contributed by atoms with Gasteiger partial charge in [-0.25, -0.2) is 0 Å². The fraction of sp³-hybridized carbons (Fsp3) is 0.944. The first-order chi connectivity index (χ1) is 11.6. The van der Waals surface area contributed by atoms with Gasteiger partial charge < -0.3 is 9.64 Å². The molecule has 5 nitrogen and oxygen atoms in total. The van der Waals surface area contributed by atoms with Crippen LogP contribution in [-0.2, 0) is 9.53 Å². The molecule has 138 valence electrons. The molecule has 0 spiro atoms. The van der Waals surface area contributed by atoms with Gasteiger partial charge in [0, 0.05) is 24.4 Å². The Labute approximate surface area is 150 Å². The number of ether oxygens (including phenoxy) is 1. The molecule has 0 radical (unpaired) electrons. The third-order valence-corrected chi connectivity index (χ3v) is 7.15. The van der Waals surface area contributed by atoms with E-state index in [1.54, 1.807) is 0 Å². The van der Waals surface area contributed by atoms with E-state index in [0.717, 1.165) is 31.8 Å². The van der Waals surface area contributed by atoms with Crippen LogP contribution < -0.4 is 10.9 Å². The lowest BCUT2D eigenvalue weighted by molar-refractivity contribution is -0.141. The minimum Gasteiger partial charge on any atom is -0.368 e. The lowest BCUT2D eigenvalue weighted by atomic mass is 9.89. The third kappa shape index (κ3) is 4.87. The molecule has 6 heteroatoms. The molecule has 1 saturated carbocycles. The Balaban J connectivity index is 1.53. The normalized spacial score (nSPS) is 36.8. The van der Waals surface area contributed by atoms with Gasteiger partial charge in [-0.2, -0.15) is 11.8 Å². The van der Waals surface area contributed by atoms with E-state index in [-0.39, 0.29) is 30.7 Å². The number of thioether (sulfide) groups is 1. The molecule has 2 aliphatic heterocycles. The van der Waals surface area contributed by atoms with E-state index < -0.39 is 0 Å². The Morgan fingerprint density at radius 2 is 2.00 bits per heavy atom. The van der Waals surface area contributed by atoms with E-state index in [4.69, 9.17) is 4.74 Å². The Morgan fingerprint density at radius 3 is 2.62 bits per heavy atom. The lowest BCUT2D eigenvalue weighted by Crippen LogP contribution is -2.50. The first kappa shape index (κ1) is 18.5. The van der Waals surface area contributed by atoms with Crippen LogP contribution in [0.5, 0.6) is 0 Å². The zero-order chi connectivity index (χ0) is 16.9. The average Bonchev–Trinajstić information content (AvgIpc) is 3.23. The monoisotopic (exact) mass is 355 g/mol. The number of amides is 1. The number of hydrogen-bond acceptors (Lipinski definition) is 5. The molecule has 0 aromatic heterocycles. The third-order valence-electron chi connectivity index (χ3n) is 5.77. The van der Waals surface area contributed by atoms with Gasteiger partial charge in [0.2, 0.25) is 5.91 Å². The maximum atomic E-state index is 12.9. The van der Waals surface area contributed by atoms with Crippen molar-refractivity contribution in [1.29, 1.82) is 0 Å². The minimum absolute atomic E-state index is 0.170. The molecule has 1 amide bonds. The lowest BCUT2D eigenvalue weighted by Gasteiger charge is -2.33. The van der Waals surface area contributed by atoms with Crippen molar-refractivity contribution in [3.05, 3.63) is 0 Å². The number of carbonyl (C=O) groups is 1. The topological polar surface area (TPSA) is 53.6 Å². The van der Waals surface area contributed by atoms with Crippen molar-refractivity contribution in [3.8, 4) is 0 Å². The molecule has 1 aliphatic carbocycles. The molecule has 0 bridgehead atoms. The summed E-state index contributed by atoms with van der Waals surface area (Å²) in [7, 11) is 0. The predicted molar refractivity (Wildman–Crippen MR) is 99.0 cm³/mol. The summed E-state index contributed by atoms with van der Waals surface area (Å²) in [6.45, 7) is 6.40. The van der Waals surface area contributed by atoms with E-state index in [0.29, 0.717) is 5.25 Å². The summed E-state index contributed by atoms with van der Waals surface area (Å²) < 4.78 is 5.99. The summed E-state index contributed by atoms with van der Waals surface area (Å²) in [6, 6.07) is 0.518. The Bertz CT molecular complexity index is 409. The highest BCUT2D eigenvalue weighted by atomic mass is 32.2. The summed E-state index contributed by atoms with van der Waals surface area (Å²) in [5, 5.41) is 0.595. The summed E-state index contributed by atoms with van der Waals surface area (Å²) in [5.41, 5.74) is 6.45. The molecule has 3 atom stereocenters. The van der Waals surface area contributed by atoms with Crippen molar-refractivity contribution in [2.45, 2.75) is 75.8 Å². The van der Waals surface area contributed by atoms with Crippen LogP contribution in [0.15, 0.2) is 0 Å². The Morgan fingerprint density at radius 1 is 1.21 bits per heavy atom. The molecule has 0 aromatic carbocycles. The zero-order valence-electron chi connectivity index (χ0n) is 15.1. The maximum absolute atomic E-state index is 12.9. The number of nitrogens with one attached hydrogen (secondary N) is 2. The van der Waals surface area contributed by atoms with Crippen molar-refractivity contribution >= 4 is 17.7 Å². The van der Waals surface area contributed by atoms with E-state index in [9.17, 15) is 4.79 Å². The van der Waals surface area contributed by atoms with Gasteiger partial charge in [-0.15, -0.1) is 0 Å². The average molecular weight is 356 g/mol. The summed E-state index contributed by atoms with van der Waals surface area (Å²) in [5.74, 6) is 2.22. The van der Waals surface area contributed by atoms with Crippen molar-refractivity contribution in [1.82, 2.24) is 15.8 Å². The van der Waals surface area contributed by atoms with Gasteiger partial charge in [0.25, 0.3) is 0 Å². The van der Waals surface area contributed by atoms with Crippen molar-refractivity contribution in [2.75, 3.05) is 25.4 Å². The van der Waals surface area contributed by atoms with Crippen LogP contribution in [0.1, 0.15) is 52.4 Å². The van der Waals surface area contributed by atoms with Crippen LogP contribution in [0.3, 0.4) is 0 Å². The van der Waals surface area contributed by atoms with Gasteiger partial charge >= 0.3 is 0 Å².